The lowest BCUT2D eigenvalue weighted by Gasteiger charge is -2.06. The standard InChI is InChI=1S/C14H16N2O3/c1-2-9-19-13(17)7-8-16-10-15-12-6-4-3-5-11(12)14(16)18/h3-6,10H,2,7-9H2,1H3. The van der Waals surface area contributed by atoms with Gasteiger partial charge in [0.15, 0.2) is 0 Å². The second-order valence-electron chi connectivity index (χ2n) is 4.23. The lowest BCUT2D eigenvalue weighted by Crippen LogP contribution is -2.22. The van der Waals surface area contributed by atoms with Crippen molar-refractivity contribution in [3.05, 3.63) is 40.9 Å². The Morgan fingerprint density at radius 2 is 2.16 bits per heavy atom. The van der Waals surface area contributed by atoms with Crippen LogP contribution in [0.25, 0.3) is 10.9 Å². The van der Waals surface area contributed by atoms with Gasteiger partial charge >= 0.3 is 5.97 Å². The molecule has 0 amide bonds. The van der Waals surface area contributed by atoms with E-state index in [0.717, 1.165) is 6.42 Å². The first-order valence-electron chi connectivity index (χ1n) is 6.32. The smallest absolute Gasteiger partial charge is 0.307 e. The summed E-state index contributed by atoms with van der Waals surface area (Å²) >= 11 is 0. The molecule has 0 radical (unpaired) electrons. The maximum Gasteiger partial charge on any atom is 0.307 e. The lowest BCUT2D eigenvalue weighted by atomic mass is 10.2. The topological polar surface area (TPSA) is 61.2 Å². The molecule has 0 aliphatic heterocycles. The van der Waals surface area contributed by atoms with Gasteiger partial charge in [-0.15, -0.1) is 0 Å². The number of para-hydroxylation sites is 1. The zero-order valence-corrected chi connectivity index (χ0v) is 10.8. The molecule has 0 atom stereocenters. The van der Waals surface area contributed by atoms with Crippen molar-refractivity contribution >= 4 is 16.9 Å². The van der Waals surface area contributed by atoms with Crippen LogP contribution in [0.1, 0.15) is 19.8 Å². The Kier molecular flexibility index (Phi) is 4.28. The van der Waals surface area contributed by atoms with E-state index < -0.39 is 0 Å². The SMILES string of the molecule is CCCOC(=O)CCn1cnc2ccccc2c1=O. The molecule has 1 aromatic heterocycles. The van der Waals surface area contributed by atoms with Crippen molar-refractivity contribution in [2.45, 2.75) is 26.3 Å². The number of ether oxygens (including phenoxy) is 1. The Bertz CT molecular complexity index is 634. The van der Waals surface area contributed by atoms with Crippen molar-refractivity contribution < 1.29 is 9.53 Å². The average Bonchev–Trinajstić information content (AvgIpc) is 2.44. The Hall–Kier alpha value is -2.17. The highest BCUT2D eigenvalue weighted by atomic mass is 16.5. The van der Waals surface area contributed by atoms with E-state index in [4.69, 9.17) is 4.74 Å². The third kappa shape index (κ3) is 3.19. The molecule has 19 heavy (non-hydrogen) atoms. The molecule has 5 heteroatoms. The van der Waals surface area contributed by atoms with Gasteiger partial charge in [0.25, 0.3) is 5.56 Å². The molecule has 0 aliphatic carbocycles. The molecule has 0 aliphatic rings. The summed E-state index contributed by atoms with van der Waals surface area (Å²) in [7, 11) is 0. The third-order valence-electron chi connectivity index (χ3n) is 2.76. The summed E-state index contributed by atoms with van der Waals surface area (Å²) in [6.45, 7) is 2.65. The van der Waals surface area contributed by atoms with Crippen molar-refractivity contribution in [3.8, 4) is 0 Å². The Morgan fingerprint density at radius 3 is 2.95 bits per heavy atom. The Balaban J connectivity index is 2.11. The predicted octanol–water partition coefficient (Wildman–Crippen LogP) is 1.74. The monoisotopic (exact) mass is 260 g/mol. The molecule has 100 valence electrons. The van der Waals surface area contributed by atoms with E-state index in [1.54, 1.807) is 18.2 Å². The van der Waals surface area contributed by atoms with Crippen LogP contribution >= 0.6 is 0 Å². The van der Waals surface area contributed by atoms with E-state index >= 15 is 0 Å². The number of nitrogens with zero attached hydrogens (tertiary/aromatic N) is 2. The molecule has 0 saturated carbocycles. The molecule has 0 spiro atoms. The Morgan fingerprint density at radius 1 is 1.37 bits per heavy atom. The van der Waals surface area contributed by atoms with Crippen molar-refractivity contribution in [2.24, 2.45) is 0 Å². The van der Waals surface area contributed by atoms with E-state index in [1.165, 1.54) is 10.9 Å². The fourth-order valence-electron chi connectivity index (χ4n) is 1.77. The van der Waals surface area contributed by atoms with Crippen LogP contribution in [0.2, 0.25) is 0 Å². The van der Waals surface area contributed by atoms with E-state index in [9.17, 15) is 9.59 Å². The molecule has 0 saturated heterocycles. The van der Waals surface area contributed by atoms with Crippen LogP contribution < -0.4 is 5.56 Å². The van der Waals surface area contributed by atoms with Gasteiger partial charge in [-0.05, 0) is 18.6 Å². The fourth-order valence-corrected chi connectivity index (χ4v) is 1.77. The normalized spacial score (nSPS) is 10.6. The molecule has 0 unspecified atom stereocenters. The van der Waals surface area contributed by atoms with Crippen LogP contribution in [-0.2, 0) is 16.1 Å². The van der Waals surface area contributed by atoms with E-state index in [-0.39, 0.29) is 17.9 Å². The highest BCUT2D eigenvalue weighted by Gasteiger charge is 2.06. The lowest BCUT2D eigenvalue weighted by molar-refractivity contribution is -0.143. The predicted molar refractivity (Wildman–Crippen MR) is 71.9 cm³/mol. The Labute approximate surface area is 110 Å². The van der Waals surface area contributed by atoms with Gasteiger partial charge in [0.1, 0.15) is 0 Å². The summed E-state index contributed by atoms with van der Waals surface area (Å²) in [6, 6.07) is 7.15. The molecule has 0 bridgehead atoms. The number of esters is 1. The van der Waals surface area contributed by atoms with Gasteiger partial charge in [0.05, 0.1) is 30.3 Å². The van der Waals surface area contributed by atoms with Gasteiger partial charge in [-0.3, -0.25) is 14.2 Å². The summed E-state index contributed by atoms with van der Waals surface area (Å²) < 4.78 is 6.41. The van der Waals surface area contributed by atoms with Gasteiger partial charge < -0.3 is 4.74 Å². The van der Waals surface area contributed by atoms with Gasteiger partial charge in [0, 0.05) is 6.54 Å². The van der Waals surface area contributed by atoms with Crippen LogP contribution in [0.3, 0.4) is 0 Å². The minimum absolute atomic E-state index is 0.131. The molecular weight excluding hydrogens is 244 g/mol. The van der Waals surface area contributed by atoms with Gasteiger partial charge in [-0.25, -0.2) is 4.98 Å². The van der Waals surface area contributed by atoms with Crippen molar-refractivity contribution in [3.63, 3.8) is 0 Å². The van der Waals surface area contributed by atoms with Crippen LogP contribution in [0.5, 0.6) is 0 Å². The highest BCUT2D eigenvalue weighted by molar-refractivity contribution is 5.77. The quantitative estimate of drug-likeness (QED) is 0.768. The second-order valence-corrected chi connectivity index (χ2v) is 4.23. The maximum absolute atomic E-state index is 12.1. The number of aryl methyl sites for hydroxylation is 1. The van der Waals surface area contributed by atoms with Gasteiger partial charge in [0.2, 0.25) is 0 Å². The summed E-state index contributed by atoms with van der Waals surface area (Å²) in [5, 5.41) is 0.562. The van der Waals surface area contributed by atoms with Crippen LogP contribution in [0.4, 0.5) is 0 Å². The highest BCUT2D eigenvalue weighted by Crippen LogP contribution is 2.04. The van der Waals surface area contributed by atoms with Crippen molar-refractivity contribution in [1.29, 1.82) is 0 Å². The number of carbonyl (C=O) groups is 1. The number of hydrogen-bond donors (Lipinski definition) is 0. The zero-order chi connectivity index (χ0) is 13.7. The van der Waals surface area contributed by atoms with E-state index in [0.29, 0.717) is 24.1 Å². The minimum atomic E-state index is -0.290. The molecule has 0 fully saturated rings. The van der Waals surface area contributed by atoms with E-state index in [2.05, 4.69) is 4.98 Å². The van der Waals surface area contributed by atoms with Crippen LogP contribution in [-0.4, -0.2) is 22.1 Å². The number of hydrogen-bond acceptors (Lipinski definition) is 4. The summed E-state index contributed by atoms with van der Waals surface area (Å²) in [6.07, 6.45) is 2.45. The third-order valence-corrected chi connectivity index (χ3v) is 2.76. The first kappa shape index (κ1) is 13.3. The van der Waals surface area contributed by atoms with Crippen molar-refractivity contribution in [2.75, 3.05) is 6.61 Å². The molecule has 2 aromatic rings. The first-order valence-corrected chi connectivity index (χ1v) is 6.32. The second kappa shape index (κ2) is 6.13. The first-order chi connectivity index (χ1) is 9.22. The summed E-state index contributed by atoms with van der Waals surface area (Å²) in [4.78, 5) is 27.7. The minimum Gasteiger partial charge on any atom is -0.466 e. The number of benzene rings is 1. The number of rotatable bonds is 5. The molecule has 1 heterocycles. The fraction of sp³-hybridized carbons (Fsp3) is 0.357. The van der Waals surface area contributed by atoms with Crippen molar-refractivity contribution in [1.82, 2.24) is 9.55 Å². The van der Waals surface area contributed by atoms with Gasteiger partial charge in [-0.2, -0.15) is 0 Å². The molecule has 1 aromatic carbocycles. The molecule has 5 nitrogen and oxygen atoms in total. The summed E-state index contributed by atoms with van der Waals surface area (Å²) in [5.74, 6) is -0.290. The number of fused-ring (bicyclic) bond motifs is 1. The molecule has 2 rings (SSSR count). The van der Waals surface area contributed by atoms with Crippen LogP contribution in [0, 0.1) is 0 Å². The molecular formula is C14H16N2O3. The largest absolute Gasteiger partial charge is 0.466 e. The van der Waals surface area contributed by atoms with E-state index in [1.807, 2.05) is 13.0 Å². The van der Waals surface area contributed by atoms with Crippen LogP contribution in [0.15, 0.2) is 35.4 Å². The average molecular weight is 260 g/mol. The maximum atomic E-state index is 12.1. The molecule has 0 N–H and O–H groups in total. The summed E-state index contributed by atoms with van der Waals surface area (Å²) in [5.41, 5.74) is 0.534. The number of aromatic nitrogens is 2. The number of carbonyl (C=O) groups excluding carboxylic acids is 1. The zero-order valence-electron chi connectivity index (χ0n) is 10.8. The van der Waals surface area contributed by atoms with Gasteiger partial charge in [-0.1, -0.05) is 19.1 Å².